The summed E-state index contributed by atoms with van der Waals surface area (Å²) in [7, 11) is 0. The van der Waals surface area contributed by atoms with Gasteiger partial charge in [-0.25, -0.2) is 4.79 Å². The zero-order chi connectivity index (χ0) is 12.3. The Balaban J connectivity index is 0.00000162. The predicted molar refractivity (Wildman–Crippen MR) is 77.0 cm³/mol. The first kappa shape index (κ1) is 15.5. The number of halogens is 1. The highest BCUT2D eigenvalue weighted by Gasteiger charge is 2.19. The lowest BCUT2D eigenvalue weighted by Gasteiger charge is -2.16. The molecule has 3 nitrogen and oxygen atoms in total. The molecule has 2 rings (SSSR count). The summed E-state index contributed by atoms with van der Waals surface area (Å²) in [4.78, 5) is 16.2. The van der Waals surface area contributed by atoms with Crippen molar-refractivity contribution in [1.29, 1.82) is 0 Å². The van der Waals surface area contributed by atoms with Gasteiger partial charge in [0.05, 0.1) is 6.61 Å². The molecule has 0 N–H and O–H groups in total. The Morgan fingerprint density at radius 1 is 1.39 bits per heavy atom. The smallest absolute Gasteiger partial charge is 0.348 e. The van der Waals surface area contributed by atoms with Crippen LogP contribution in [0.5, 0.6) is 0 Å². The van der Waals surface area contributed by atoms with E-state index in [1.54, 1.807) is 11.3 Å². The van der Waals surface area contributed by atoms with Gasteiger partial charge in [-0.1, -0.05) is 6.92 Å². The average Bonchev–Trinajstić information content (AvgIpc) is 2.64. The SMILES string of the molecule is CCOC(=O)c1cc2c(s1)CCN(CC)CC2.Cl. The second kappa shape index (κ2) is 7.12. The molecular formula is C13H20ClNO2S. The van der Waals surface area contributed by atoms with E-state index in [2.05, 4.69) is 11.8 Å². The molecule has 0 bridgehead atoms. The van der Waals surface area contributed by atoms with E-state index < -0.39 is 0 Å². The van der Waals surface area contributed by atoms with Crippen LogP contribution in [0.3, 0.4) is 0 Å². The summed E-state index contributed by atoms with van der Waals surface area (Å²) in [5, 5.41) is 0. The summed E-state index contributed by atoms with van der Waals surface area (Å²) in [6.07, 6.45) is 2.12. The Morgan fingerprint density at radius 3 is 2.78 bits per heavy atom. The minimum atomic E-state index is -0.169. The summed E-state index contributed by atoms with van der Waals surface area (Å²) in [6, 6.07) is 2.02. The Kier molecular flexibility index (Phi) is 6.12. The van der Waals surface area contributed by atoms with Gasteiger partial charge in [0.15, 0.2) is 0 Å². The molecule has 1 aromatic rings. The molecule has 0 saturated heterocycles. The molecule has 0 spiro atoms. The summed E-state index contributed by atoms with van der Waals surface area (Å²) < 4.78 is 5.04. The molecule has 0 atom stereocenters. The fraction of sp³-hybridized carbons (Fsp3) is 0.615. The third-order valence-corrected chi connectivity index (χ3v) is 4.39. The highest BCUT2D eigenvalue weighted by atomic mass is 35.5. The van der Waals surface area contributed by atoms with Crippen LogP contribution in [0.2, 0.25) is 0 Å². The van der Waals surface area contributed by atoms with E-state index in [1.807, 2.05) is 13.0 Å². The van der Waals surface area contributed by atoms with Crippen molar-refractivity contribution in [2.24, 2.45) is 0 Å². The molecule has 0 amide bonds. The standard InChI is InChI=1S/C13H19NO2S.ClH/c1-3-14-7-5-10-9-12(13(15)16-4-2)17-11(10)6-8-14;/h9H,3-8H2,1-2H3;1H. The van der Waals surface area contributed by atoms with E-state index in [0.29, 0.717) is 6.61 Å². The van der Waals surface area contributed by atoms with E-state index in [9.17, 15) is 4.79 Å². The number of fused-ring (bicyclic) bond motifs is 1. The fourth-order valence-corrected chi connectivity index (χ4v) is 3.25. The molecule has 0 aromatic carbocycles. The molecule has 1 aromatic heterocycles. The molecule has 1 aliphatic heterocycles. The first-order chi connectivity index (χ1) is 8.24. The van der Waals surface area contributed by atoms with Crippen molar-refractivity contribution in [1.82, 2.24) is 4.90 Å². The quantitative estimate of drug-likeness (QED) is 0.802. The summed E-state index contributed by atoms with van der Waals surface area (Å²) in [5.41, 5.74) is 1.34. The predicted octanol–water partition coefficient (Wildman–Crippen LogP) is 2.77. The van der Waals surface area contributed by atoms with Gasteiger partial charge in [-0.15, -0.1) is 23.7 Å². The maximum atomic E-state index is 11.6. The van der Waals surface area contributed by atoms with Crippen LogP contribution in [0, 0.1) is 0 Å². The highest BCUT2D eigenvalue weighted by molar-refractivity contribution is 7.14. The van der Waals surface area contributed by atoms with E-state index in [0.717, 1.165) is 37.4 Å². The van der Waals surface area contributed by atoms with Crippen LogP contribution < -0.4 is 0 Å². The van der Waals surface area contributed by atoms with Crippen LogP contribution >= 0.6 is 23.7 Å². The van der Waals surface area contributed by atoms with E-state index in [4.69, 9.17) is 4.74 Å². The number of carbonyl (C=O) groups excluding carboxylic acids is 1. The summed E-state index contributed by atoms with van der Waals surface area (Å²) in [5.74, 6) is -0.169. The monoisotopic (exact) mass is 289 g/mol. The summed E-state index contributed by atoms with van der Waals surface area (Å²) in [6.45, 7) is 7.80. The number of nitrogens with zero attached hydrogens (tertiary/aromatic N) is 1. The number of hydrogen-bond donors (Lipinski definition) is 0. The highest BCUT2D eigenvalue weighted by Crippen LogP contribution is 2.26. The Labute approximate surface area is 119 Å². The van der Waals surface area contributed by atoms with E-state index in [-0.39, 0.29) is 18.4 Å². The van der Waals surface area contributed by atoms with E-state index in [1.165, 1.54) is 10.4 Å². The molecule has 0 aliphatic carbocycles. The maximum absolute atomic E-state index is 11.6. The van der Waals surface area contributed by atoms with Gasteiger partial charge < -0.3 is 9.64 Å². The van der Waals surface area contributed by atoms with Crippen molar-refractivity contribution >= 4 is 29.7 Å². The lowest BCUT2D eigenvalue weighted by atomic mass is 10.1. The largest absolute Gasteiger partial charge is 0.462 e. The topological polar surface area (TPSA) is 29.5 Å². The molecule has 0 radical (unpaired) electrons. The number of thiophene rings is 1. The van der Waals surface area contributed by atoms with Crippen molar-refractivity contribution in [3.63, 3.8) is 0 Å². The molecule has 0 unspecified atom stereocenters. The normalized spacial score (nSPS) is 15.4. The molecule has 1 aliphatic rings. The molecule has 0 saturated carbocycles. The molecule has 102 valence electrons. The number of ether oxygens (including phenoxy) is 1. The number of carbonyl (C=O) groups is 1. The van der Waals surface area contributed by atoms with Crippen LogP contribution in [0.15, 0.2) is 6.07 Å². The van der Waals surface area contributed by atoms with Crippen molar-refractivity contribution in [3.8, 4) is 0 Å². The number of rotatable bonds is 3. The zero-order valence-corrected chi connectivity index (χ0v) is 12.5. The van der Waals surface area contributed by atoms with Crippen LogP contribution in [-0.2, 0) is 17.6 Å². The molecule has 5 heteroatoms. The first-order valence-corrected chi connectivity index (χ1v) is 7.07. The lowest BCUT2D eigenvalue weighted by Crippen LogP contribution is -2.25. The van der Waals surface area contributed by atoms with Gasteiger partial charge in [-0.05, 0) is 37.9 Å². The zero-order valence-electron chi connectivity index (χ0n) is 10.9. The van der Waals surface area contributed by atoms with Crippen LogP contribution in [0.4, 0.5) is 0 Å². The fourth-order valence-electron chi connectivity index (χ4n) is 2.16. The number of esters is 1. The van der Waals surface area contributed by atoms with Gasteiger partial charge in [-0.2, -0.15) is 0 Å². The van der Waals surface area contributed by atoms with Gasteiger partial charge in [0, 0.05) is 18.0 Å². The second-order valence-corrected chi connectivity index (χ2v) is 5.35. The Hall–Kier alpha value is -0.580. The Morgan fingerprint density at radius 2 is 2.11 bits per heavy atom. The molecule has 18 heavy (non-hydrogen) atoms. The van der Waals surface area contributed by atoms with Crippen molar-refractivity contribution in [2.75, 3.05) is 26.2 Å². The van der Waals surface area contributed by atoms with Crippen molar-refractivity contribution in [2.45, 2.75) is 26.7 Å². The molecule has 2 heterocycles. The third-order valence-electron chi connectivity index (χ3n) is 3.17. The van der Waals surface area contributed by atoms with Gasteiger partial charge >= 0.3 is 5.97 Å². The van der Waals surface area contributed by atoms with Gasteiger partial charge in [0.2, 0.25) is 0 Å². The number of hydrogen-bond acceptors (Lipinski definition) is 4. The van der Waals surface area contributed by atoms with Gasteiger partial charge in [0.1, 0.15) is 4.88 Å². The van der Waals surface area contributed by atoms with Crippen LogP contribution in [0.25, 0.3) is 0 Å². The minimum Gasteiger partial charge on any atom is -0.462 e. The number of likely N-dealkylation sites (N-methyl/N-ethyl adjacent to an activating group) is 1. The molecule has 0 fully saturated rings. The van der Waals surface area contributed by atoms with Gasteiger partial charge in [0.25, 0.3) is 0 Å². The third kappa shape index (κ3) is 3.46. The summed E-state index contributed by atoms with van der Waals surface area (Å²) >= 11 is 1.61. The first-order valence-electron chi connectivity index (χ1n) is 6.25. The maximum Gasteiger partial charge on any atom is 0.348 e. The van der Waals surface area contributed by atoms with E-state index >= 15 is 0 Å². The van der Waals surface area contributed by atoms with Crippen LogP contribution in [0.1, 0.15) is 34.0 Å². The second-order valence-electron chi connectivity index (χ2n) is 4.21. The lowest BCUT2D eigenvalue weighted by molar-refractivity contribution is 0.0532. The van der Waals surface area contributed by atoms with Gasteiger partial charge in [-0.3, -0.25) is 0 Å². The average molecular weight is 290 g/mol. The minimum absolute atomic E-state index is 0. The van der Waals surface area contributed by atoms with Crippen molar-refractivity contribution in [3.05, 3.63) is 21.4 Å². The van der Waals surface area contributed by atoms with Crippen LogP contribution in [-0.4, -0.2) is 37.1 Å². The van der Waals surface area contributed by atoms with Crippen molar-refractivity contribution < 1.29 is 9.53 Å². The molecular weight excluding hydrogens is 270 g/mol. The Bertz CT molecular complexity index is 380.